The zero-order valence-electron chi connectivity index (χ0n) is 16.4. The van der Waals surface area contributed by atoms with Crippen molar-refractivity contribution in [3.05, 3.63) is 0 Å². The van der Waals surface area contributed by atoms with Crippen molar-refractivity contribution in [2.45, 2.75) is 102 Å². The summed E-state index contributed by atoms with van der Waals surface area (Å²) in [6, 6.07) is 0. The van der Waals surface area contributed by atoms with Gasteiger partial charge in [-0.3, -0.25) is 4.90 Å². The average molecular weight is 344 g/mol. The summed E-state index contributed by atoms with van der Waals surface area (Å²) >= 11 is 0. The summed E-state index contributed by atoms with van der Waals surface area (Å²) in [4.78, 5) is 14.4. The maximum absolute atomic E-state index is 12.0. The second-order valence-electron chi connectivity index (χ2n) is 8.57. The molecule has 2 atom stereocenters. The molecule has 5 heteroatoms. The lowest BCUT2D eigenvalue weighted by molar-refractivity contribution is -0.168. The van der Waals surface area contributed by atoms with Crippen LogP contribution < -0.4 is 0 Å². The lowest BCUT2D eigenvalue weighted by Gasteiger charge is -2.53. The Morgan fingerprint density at radius 1 is 1.25 bits per heavy atom. The topological polar surface area (TPSA) is 70.0 Å². The van der Waals surface area contributed by atoms with Crippen molar-refractivity contribution in [2.75, 3.05) is 13.7 Å². The van der Waals surface area contributed by atoms with E-state index < -0.39 is 17.7 Å². The van der Waals surface area contributed by atoms with E-state index >= 15 is 0 Å². The van der Waals surface area contributed by atoms with Gasteiger partial charge in [-0.1, -0.05) is 19.8 Å². The summed E-state index contributed by atoms with van der Waals surface area (Å²) in [6.45, 7) is 11.3. The third-order valence-electron chi connectivity index (χ3n) is 5.51. The Hall–Kier alpha value is -0.650. The molecule has 24 heavy (non-hydrogen) atoms. The summed E-state index contributed by atoms with van der Waals surface area (Å²) in [6.07, 6.45) is 4.50. The largest absolute Gasteiger partial charge is 0.467 e. The van der Waals surface area contributed by atoms with Gasteiger partial charge in [0, 0.05) is 24.0 Å². The summed E-state index contributed by atoms with van der Waals surface area (Å²) in [5, 5.41) is 21.4. The minimum Gasteiger partial charge on any atom is -0.467 e. The Labute approximate surface area is 147 Å². The van der Waals surface area contributed by atoms with Gasteiger partial charge in [-0.25, -0.2) is 4.79 Å². The number of hydrogen-bond donors (Lipinski definition) is 2. The highest BCUT2D eigenvalue weighted by atomic mass is 16.5. The van der Waals surface area contributed by atoms with Gasteiger partial charge in [0.05, 0.1) is 13.2 Å². The fourth-order valence-electron chi connectivity index (χ4n) is 4.15. The predicted octanol–water partition coefficient (Wildman–Crippen LogP) is 2.87. The van der Waals surface area contributed by atoms with Gasteiger partial charge in [-0.2, -0.15) is 0 Å². The maximum Gasteiger partial charge on any atom is 0.337 e. The molecule has 0 aromatic carbocycles. The number of β-amino-alcohol motifs (C(OH)–C–C–N with tert-alkyl or cyclic N) is 1. The highest BCUT2D eigenvalue weighted by molar-refractivity contribution is 5.79. The second-order valence-corrected chi connectivity index (χ2v) is 8.57. The molecular formula is C19H37NO4. The van der Waals surface area contributed by atoms with Crippen LogP contribution in [0.3, 0.4) is 0 Å². The molecule has 5 nitrogen and oxygen atoms in total. The SMILES string of the molecule is CCCCC(O)(CC(O)CN1C(C)(C)CCCC1(C)C)C(=O)OC. The van der Waals surface area contributed by atoms with Gasteiger partial charge in [-0.15, -0.1) is 0 Å². The Kier molecular flexibility index (Phi) is 7.27. The summed E-state index contributed by atoms with van der Waals surface area (Å²) < 4.78 is 4.77. The number of nitrogens with zero attached hydrogens (tertiary/aromatic N) is 1. The molecule has 1 aliphatic rings. The number of esters is 1. The van der Waals surface area contributed by atoms with Gasteiger partial charge in [0.2, 0.25) is 0 Å². The van der Waals surface area contributed by atoms with E-state index in [4.69, 9.17) is 4.74 Å². The van der Waals surface area contributed by atoms with E-state index in [-0.39, 0.29) is 17.5 Å². The van der Waals surface area contributed by atoms with Crippen LogP contribution in [0.5, 0.6) is 0 Å². The average Bonchev–Trinajstić information content (AvgIpc) is 2.47. The molecule has 0 aliphatic carbocycles. The highest BCUT2D eigenvalue weighted by Crippen LogP contribution is 2.38. The number of piperidine rings is 1. The van der Waals surface area contributed by atoms with E-state index in [0.29, 0.717) is 13.0 Å². The van der Waals surface area contributed by atoms with Crippen molar-refractivity contribution < 1.29 is 19.7 Å². The Balaban J connectivity index is 2.84. The van der Waals surface area contributed by atoms with Crippen molar-refractivity contribution in [1.82, 2.24) is 4.90 Å². The second kappa shape index (κ2) is 8.15. The fourth-order valence-corrected chi connectivity index (χ4v) is 4.15. The zero-order valence-corrected chi connectivity index (χ0v) is 16.4. The number of carbonyl (C=O) groups is 1. The first-order valence-electron chi connectivity index (χ1n) is 9.25. The van der Waals surface area contributed by atoms with E-state index in [1.807, 2.05) is 6.92 Å². The molecule has 2 N–H and O–H groups in total. The molecule has 1 rings (SSSR count). The molecule has 0 aromatic heterocycles. The number of ether oxygens (including phenoxy) is 1. The number of carbonyl (C=O) groups excluding carboxylic acids is 1. The number of likely N-dealkylation sites (tertiary alicyclic amines) is 1. The van der Waals surface area contributed by atoms with E-state index in [2.05, 4.69) is 32.6 Å². The number of aliphatic hydroxyl groups excluding tert-OH is 1. The molecule has 0 aromatic rings. The van der Waals surface area contributed by atoms with Gasteiger partial charge in [-0.05, 0) is 53.4 Å². The van der Waals surface area contributed by atoms with E-state index in [0.717, 1.165) is 25.7 Å². The number of aliphatic hydroxyl groups is 2. The van der Waals surface area contributed by atoms with Crippen LogP contribution in [-0.4, -0.2) is 57.5 Å². The van der Waals surface area contributed by atoms with Crippen LogP contribution in [0, 0.1) is 0 Å². The Bertz CT molecular complexity index is 406. The monoisotopic (exact) mass is 343 g/mol. The first-order valence-corrected chi connectivity index (χ1v) is 9.25. The predicted molar refractivity (Wildman–Crippen MR) is 95.8 cm³/mol. The summed E-state index contributed by atoms with van der Waals surface area (Å²) in [5.41, 5.74) is -1.61. The lowest BCUT2D eigenvalue weighted by Crippen LogP contribution is -2.61. The minimum atomic E-state index is -1.60. The van der Waals surface area contributed by atoms with E-state index in [9.17, 15) is 15.0 Å². The van der Waals surface area contributed by atoms with Gasteiger partial charge >= 0.3 is 5.97 Å². The van der Waals surface area contributed by atoms with Gasteiger partial charge in [0.1, 0.15) is 0 Å². The third kappa shape index (κ3) is 5.17. The fraction of sp³-hybridized carbons (Fsp3) is 0.947. The number of rotatable bonds is 8. The molecule has 0 amide bonds. The molecule has 0 spiro atoms. The van der Waals surface area contributed by atoms with Crippen LogP contribution in [0.1, 0.15) is 79.6 Å². The molecule has 1 saturated heterocycles. The van der Waals surface area contributed by atoms with Crippen LogP contribution in [0.15, 0.2) is 0 Å². The number of methoxy groups -OCH3 is 1. The molecule has 0 saturated carbocycles. The minimum absolute atomic E-state index is 0.00444. The quantitative estimate of drug-likeness (QED) is 0.663. The van der Waals surface area contributed by atoms with Crippen LogP contribution in [0.2, 0.25) is 0 Å². The third-order valence-corrected chi connectivity index (χ3v) is 5.51. The van der Waals surface area contributed by atoms with Crippen LogP contribution >= 0.6 is 0 Å². The van der Waals surface area contributed by atoms with Crippen LogP contribution in [0.4, 0.5) is 0 Å². The van der Waals surface area contributed by atoms with Gasteiger partial charge in [0.25, 0.3) is 0 Å². The van der Waals surface area contributed by atoms with Crippen molar-refractivity contribution in [2.24, 2.45) is 0 Å². The summed E-state index contributed by atoms with van der Waals surface area (Å²) in [7, 11) is 1.28. The van der Waals surface area contributed by atoms with Crippen molar-refractivity contribution >= 4 is 5.97 Å². The van der Waals surface area contributed by atoms with Gasteiger partial charge in [0.15, 0.2) is 5.60 Å². The highest BCUT2D eigenvalue weighted by Gasteiger charge is 2.44. The van der Waals surface area contributed by atoms with Gasteiger partial charge < -0.3 is 14.9 Å². The molecule has 1 heterocycles. The normalized spacial score (nSPS) is 24.2. The Morgan fingerprint density at radius 3 is 2.25 bits per heavy atom. The molecule has 142 valence electrons. The lowest BCUT2D eigenvalue weighted by atomic mass is 9.79. The molecule has 2 unspecified atom stereocenters. The number of hydrogen-bond acceptors (Lipinski definition) is 5. The molecule has 1 fully saturated rings. The molecule has 0 bridgehead atoms. The van der Waals surface area contributed by atoms with E-state index in [1.54, 1.807) is 0 Å². The first kappa shape index (κ1) is 21.4. The molecule has 1 aliphatic heterocycles. The van der Waals surface area contributed by atoms with Crippen LogP contribution in [0.25, 0.3) is 0 Å². The smallest absolute Gasteiger partial charge is 0.337 e. The van der Waals surface area contributed by atoms with Crippen molar-refractivity contribution in [3.8, 4) is 0 Å². The maximum atomic E-state index is 12.0. The number of unbranched alkanes of at least 4 members (excludes halogenated alkanes) is 1. The van der Waals surface area contributed by atoms with Crippen LogP contribution in [-0.2, 0) is 9.53 Å². The van der Waals surface area contributed by atoms with E-state index in [1.165, 1.54) is 13.5 Å². The zero-order chi connectivity index (χ0) is 18.6. The molecular weight excluding hydrogens is 306 g/mol. The van der Waals surface area contributed by atoms with Crippen molar-refractivity contribution in [1.29, 1.82) is 0 Å². The molecule has 0 radical (unpaired) electrons. The standard InChI is InChI=1S/C19H37NO4/c1-7-8-12-19(23,16(22)24-6)13-15(21)14-20-17(2,3)10-9-11-18(20,4)5/h15,21,23H,7-14H2,1-6H3. The first-order chi connectivity index (χ1) is 11.0. The summed E-state index contributed by atoms with van der Waals surface area (Å²) in [5.74, 6) is -0.646. The van der Waals surface area contributed by atoms with Crippen molar-refractivity contribution in [3.63, 3.8) is 0 Å². The Morgan fingerprint density at radius 2 is 1.79 bits per heavy atom.